The highest BCUT2D eigenvalue weighted by Gasteiger charge is 2.41. The smallest absolute Gasteiger partial charge is 0.329 e. The number of aromatic nitrogens is 1. The Labute approximate surface area is 457 Å². The highest BCUT2D eigenvalue weighted by molar-refractivity contribution is 5.98. The molecular formula is C57H93N7O13. The maximum absolute atomic E-state index is 15.2. The van der Waals surface area contributed by atoms with Crippen molar-refractivity contribution in [2.45, 2.75) is 188 Å². The van der Waals surface area contributed by atoms with E-state index >= 15 is 9.59 Å². The minimum absolute atomic E-state index is 0.0275. The summed E-state index contributed by atoms with van der Waals surface area (Å²) in [5, 5.41) is 9.58. The molecule has 0 aliphatic carbocycles. The first-order chi connectivity index (χ1) is 36.5. The fourth-order valence-corrected chi connectivity index (χ4v) is 9.62. The molecule has 20 heteroatoms. The van der Waals surface area contributed by atoms with Crippen LogP contribution in [0.1, 0.15) is 145 Å². The quantitative estimate of drug-likeness (QED) is 0.0626. The number of benzene rings is 1. The lowest BCUT2D eigenvalue weighted by Gasteiger charge is -2.35. The molecular weight excluding hydrogens is 991 g/mol. The van der Waals surface area contributed by atoms with E-state index in [0.29, 0.717) is 5.56 Å². The van der Waals surface area contributed by atoms with Crippen LogP contribution in [0.5, 0.6) is 0 Å². The Balaban J connectivity index is 2.31. The summed E-state index contributed by atoms with van der Waals surface area (Å²) in [7, 11) is 7.40. The van der Waals surface area contributed by atoms with Gasteiger partial charge in [-0.15, -0.1) is 0 Å². The van der Waals surface area contributed by atoms with E-state index in [9.17, 15) is 28.8 Å². The van der Waals surface area contributed by atoms with Crippen molar-refractivity contribution in [3.8, 4) is 0 Å². The van der Waals surface area contributed by atoms with Gasteiger partial charge in [-0.25, -0.2) is 4.79 Å². The summed E-state index contributed by atoms with van der Waals surface area (Å²) in [5.41, 5.74) is 1.39. The van der Waals surface area contributed by atoms with Gasteiger partial charge in [0.15, 0.2) is 12.9 Å². The lowest BCUT2D eigenvalue weighted by molar-refractivity contribution is -0.166. The molecule has 2 heterocycles. The number of hydrogen-bond donors (Lipinski definition) is 3. The molecule has 1 fully saturated rings. The van der Waals surface area contributed by atoms with Gasteiger partial charge in [0.1, 0.15) is 43.4 Å². The third-order valence-electron chi connectivity index (χ3n) is 14.4. The molecule has 0 saturated carbocycles. The van der Waals surface area contributed by atoms with E-state index in [0.717, 1.165) is 54.3 Å². The molecule has 0 spiro atoms. The molecule has 9 atom stereocenters. The summed E-state index contributed by atoms with van der Waals surface area (Å²) in [4.78, 5) is 127. The fourth-order valence-electron chi connectivity index (χ4n) is 9.62. The van der Waals surface area contributed by atoms with Gasteiger partial charge in [0.2, 0.25) is 29.5 Å². The van der Waals surface area contributed by atoms with Crippen LogP contribution in [0.3, 0.4) is 0 Å². The molecule has 434 valence electrons. The van der Waals surface area contributed by atoms with Crippen LogP contribution in [0.25, 0.3) is 10.9 Å². The highest BCUT2D eigenvalue weighted by atomic mass is 16.7. The van der Waals surface area contributed by atoms with Crippen LogP contribution in [0.2, 0.25) is 0 Å². The van der Waals surface area contributed by atoms with Crippen molar-refractivity contribution < 1.29 is 62.1 Å². The first-order valence-corrected chi connectivity index (χ1v) is 27.8. The number of ether oxygens (including phenoxy) is 4. The van der Waals surface area contributed by atoms with Gasteiger partial charge < -0.3 is 54.4 Å². The Morgan fingerprint density at radius 3 is 1.74 bits per heavy atom. The van der Waals surface area contributed by atoms with E-state index in [1.54, 1.807) is 10.9 Å². The predicted octanol–water partition coefficient (Wildman–Crippen LogP) is 5.59. The Morgan fingerprint density at radius 1 is 0.675 bits per heavy atom. The molecule has 1 aromatic heterocycles. The average Bonchev–Trinajstić information content (AvgIpc) is 3.76. The van der Waals surface area contributed by atoms with E-state index in [4.69, 9.17) is 23.8 Å². The number of cyclic esters (lactones) is 1. The van der Waals surface area contributed by atoms with Gasteiger partial charge in [-0.1, -0.05) is 112 Å². The minimum atomic E-state index is -1.65. The standard InChI is InChI=1S/C57H93N7O13/c1-15-17-21-38(7)31-44-54(69)61(10)40(9)57(72)77-49(25-26-50(65)76-35-75-28-27-73-13)53(68)60-45(32-39(8)22-18-16-2)56(71)62(11)47(30-37(5)6)51(66)58-43(29-36(3)4)55(70)63(12)48(52(67)59-44)33-41-34-64(74-14)46-24-20-19-23-42(41)46/h19-20,23-24,34,36-40,43-45,47-49H,15-18,21-22,25-33,35H2,1-14H3,(H,58,66)(H,59,67)(H,60,68)/t38-,39-,40?,43+,44+,45+,47+,48+,49?/m1/s1. The van der Waals surface area contributed by atoms with E-state index in [-0.39, 0.29) is 82.2 Å². The van der Waals surface area contributed by atoms with E-state index < -0.39 is 96.2 Å². The maximum Gasteiger partial charge on any atom is 0.329 e. The molecule has 1 saturated heterocycles. The monoisotopic (exact) mass is 1080 g/mol. The molecule has 6 amide bonds. The van der Waals surface area contributed by atoms with Crippen molar-refractivity contribution in [2.24, 2.45) is 23.7 Å². The Hall–Kier alpha value is -5.76. The molecule has 0 radical (unpaired) electrons. The van der Waals surface area contributed by atoms with Gasteiger partial charge in [-0.3, -0.25) is 33.6 Å². The SMILES string of the molecule is CCCC[C@@H](C)C[C@@H]1NC(=O)[C@H](Cc2cn(OC)c3ccccc23)N(C)C(=O)[C@H](CC(C)C)NC(=O)[C@H](CC(C)C)N(C)C(=O)[C@H](C[C@H](C)CCCC)NC(=O)C(CCC(=O)OCOCCOC)OC(=O)C(C)N(C)C1=O. The Bertz CT molecular complexity index is 2230. The van der Waals surface area contributed by atoms with Crippen LogP contribution in [0.15, 0.2) is 30.5 Å². The second-order valence-corrected chi connectivity index (χ2v) is 21.8. The first kappa shape index (κ1) is 65.5. The van der Waals surface area contributed by atoms with Crippen molar-refractivity contribution in [3.05, 3.63) is 36.0 Å². The summed E-state index contributed by atoms with van der Waals surface area (Å²) in [6, 6.07) is 0.172. The minimum Gasteiger partial charge on any atom is -0.451 e. The Kier molecular flexibility index (Phi) is 28.0. The number of para-hydroxylation sites is 1. The number of rotatable bonds is 25. The van der Waals surface area contributed by atoms with Crippen molar-refractivity contribution in [1.82, 2.24) is 35.4 Å². The number of carbonyl (C=O) groups excluding carboxylic acids is 8. The largest absolute Gasteiger partial charge is 0.451 e. The molecule has 3 N–H and O–H groups in total. The fraction of sp³-hybridized carbons (Fsp3) is 0.719. The predicted molar refractivity (Wildman–Crippen MR) is 293 cm³/mol. The number of nitrogens with one attached hydrogen (secondary N) is 3. The molecule has 77 heavy (non-hydrogen) atoms. The molecule has 1 aromatic carbocycles. The topological polar surface area (TPSA) is 233 Å². The zero-order valence-corrected chi connectivity index (χ0v) is 48.6. The second-order valence-electron chi connectivity index (χ2n) is 21.8. The summed E-state index contributed by atoms with van der Waals surface area (Å²) in [5.74, 6) is -6.10. The van der Waals surface area contributed by atoms with Crippen LogP contribution in [-0.2, 0) is 63.7 Å². The van der Waals surface area contributed by atoms with Gasteiger partial charge in [0, 0.05) is 59.1 Å². The zero-order valence-electron chi connectivity index (χ0n) is 48.6. The molecule has 2 aromatic rings. The van der Waals surface area contributed by atoms with Gasteiger partial charge in [-0.2, -0.15) is 4.73 Å². The second kappa shape index (κ2) is 32.9. The van der Waals surface area contributed by atoms with Crippen molar-refractivity contribution in [3.63, 3.8) is 0 Å². The number of unbranched alkanes of at least 4 members (excludes halogenated alkanes) is 2. The molecule has 20 nitrogen and oxygen atoms in total. The summed E-state index contributed by atoms with van der Waals surface area (Å²) in [6.07, 6.45) is 4.94. The number of methoxy groups -OCH3 is 1. The third kappa shape index (κ3) is 20.2. The first-order valence-electron chi connectivity index (χ1n) is 27.8. The Morgan fingerprint density at radius 2 is 1.19 bits per heavy atom. The van der Waals surface area contributed by atoms with Gasteiger partial charge in [0.05, 0.1) is 18.7 Å². The van der Waals surface area contributed by atoms with Gasteiger partial charge in [0.25, 0.3) is 5.91 Å². The van der Waals surface area contributed by atoms with Crippen LogP contribution < -0.4 is 20.8 Å². The van der Waals surface area contributed by atoms with E-state index in [2.05, 4.69) is 22.9 Å². The van der Waals surface area contributed by atoms with Crippen molar-refractivity contribution >= 4 is 58.3 Å². The van der Waals surface area contributed by atoms with Crippen LogP contribution >= 0.6 is 0 Å². The molecule has 3 rings (SSSR count). The van der Waals surface area contributed by atoms with Crippen molar-refractivity contribution in [2.75, 3.05) is 55.4 Å². The van der Waals surface area contributed by atoms with E-state index in [1.807, 2.05) is 72.7 Å². The lowest BCUT2D eigenvalue weighted by atomic mass is 9.94. The van der Waals surface area contributed by atoms with Crippen molar-refractivity contribution in [1.29, 1.82) is 0 Å². The number of nitrogens with zero attached hydrogens (tertiary/aromatic N) is 4. The average molecular weight is 1080 g/mol. The van der Waals surface area contributed by atoms with Gasteiger partial charge >= 0.3 is 11.9 Å². The molecule has 1 aliphatic heterocycles. The van der Waals surface area contributed by atoms with E-state index in [1.165, 1.54) is 52.1 Å². The summed E-state index contributed by atoms with van der Waals surface area (Å²) in [6.45, 7) is 17.1. The lowest BCUT2D eigenvalue weighted by Crippen LogP contribution is -2.60. The highest BCUT2D eigenvalue weighted by Crippen LogP contribution is 2.26. The van der Waals surface area contributed by atoms with Crippen LogP contribution in [-0.4, -0.2) is 165 Å². The number of likely N-dealkylation sites (N-methyl/N-ethyl adjacent to an activating group) is 3. The molecule has 0 bridgehead atoms. The van der Waals surface area contributed by atoms with Crippen LogP contribution in [0.4, 0.5) is 0 Å². The summed E-state index contributed by atoms with van der Waals surface area (Å²) < 4.78 is 23.0. The third-order valence-corrected chi connectivity index (χ3v) is 14.4. The molecule has 2 unspecified atom stereocenters. The number of esters is 2. The number of fused-ring (bicyclic) bond motifs is 1. The van der Waals surface area contributed by atoms with Crippen LogP contribution in [0, 0.1) is 23.7 Å². The number of hydrogen-bond acceptors (Lipinski definition) is 13. The number of amides is 6. The zero-order chi connectivity index (χ0) is 57.5. The maximum atomic E-state index is 15.2. The summed E-state index contributed by atoms with van der Waals surface area (Å²) >= 11 is 0. The van der Waals surface area contributed by atoms with Gasteiger partial charge in [-0.05, 0) is 67.9 Å². The molecule has 1 aliphatic rings. The number of carbonyl (C=O) groups is 8. The normalized spacial score (nSPS) is 22.9.